The maximum Gasteiger partial charge on any atom is 0.0454 e. The highest BCUT2D eigenvalue weighted by Crippen LogP contribution is 2.35. The van der Waals surface area contributed by atoms with Gasteiger partial charge in [0, 0.05) is 28.7 Å². The largest absolute Gasteiger partial charge is 0.330 e. The van der Waals surface area contributed by atoms with E-state index < -0.39 is 0 Å². The summed E-state index contributed by atoms with van der Waals surface area (Å²) >= 11 is 12.3. The SMILES string of the molecule is CC1CC(CN)CN1C(C)c1cc(Cl)ccc1Cl.Cl. The third-order valence-electron chi connectivity index (χ3n) is 3.95. The first-order valence-electron chi connectivity index (χ1n) is 6.43. The van der Waals surface area contributed by atoms with Gasteiger partial charge in [-0.25, -0.2) is 0 Å². The Morgan fingerprint density at radius 2 is 2.11 bits per heavy atom. The molecule has 1 aromatic rings. The van der Waals surface area contributed by atoms with Crippen molar-refractivity contribution in [3.8, 4) is 0 Å². The highest BCUT2D eigenvalue weighted by Gasteiger charge is 2.32. The first-order valence-corrected chi connectivity index (χ1v) is 7.19. The van der Waals surface area contributed by atoms with Crippen LogP contribution >= 0.6 is 35.6 Å². The molecule has 1 saturated heterocycles. The van der Waals surface area contributed by atoms with E-state index in [-0.39, 0.29) is 18.4 Å². The minimum atomic E-state index is 0. The van der Waals surface area contributed by atoms with Gasteiger partial charge in [-0.05, 0) is 56.5 Å². The van der Waals surface area contributed by atoms with Gasteiger partial charge in [-0.15, -0.1) is 12.4 Å². The highest BCUT2D eigenvalue weighted by atomic mass is 35.5. The highest BCUT2D eigenvalue weighted by molar-refractivity contribution is 6.33. The number of hydrogen-bond acceptors (Lipinski definition) is 2. The molecular weight excluding hydrogens is 303 g/mol. The van der Waals surface area contributed by atoms with E-state index in [2.05, 4.69) is 18.7 Å². The molecule has 1 aliphatic rings. The Labute approximate surface area is 131 Å². The van der Waals surface area contributed by atoms with Crippen LogP contribution < -0.4 is 5.73 Å². The molecule has 0 aliphatic carbocycles. The van der Waals surface area contributed by atoms with Crippen molar-refractivity contribution in [1.29, 1.82) is 0 Å². The van der Waals surface area contributed by atoms with Gasteiger partial charge >= 0.3 is 0 Å². The Hall–Kier alpha value is 0.01000. The van der Waals surface area contributed by atoms with E-state index in [0.29, 0.717) is 12.0 Å². The third-order valence-corrected chi connectivity index (χ3v) is 4.53. The second-order valence-electron chi connectivity index (χ2n) is 5.23. The Kier molecular flexibility index (Phi) is 6.41. The predicted molar refractivity (Wildman–Crippen MR) is 85.5 cm³/mol. The summed E-state index contributed by atoms with van der Waals surface area (Å²) in [5, 5.41) is 1.53. The Morgan fingerprint density at radius 1 is 1.42 bits per heavy atom. The third kappa shape index (κ3) is 3.77. The van der Waals surface area contributed by atoms with Crippen molar-refractivity contribution in [2.45, 2.75) is 32.4 Å². The van der Waals surface area contributed by atoms with Crippen molar-refractivity contribution in [2.75, 3.05) is 13.1 Å². The molecule has 3 unspecified atom stereocenters. The van der Waals surface area contributed by atoms with Gasteiger partial charge < -0.3 is 5.73 Å². The molecule has 0 radical (unpaired) electrons. The summed E-state index contributed by atoms with van der Waals surface area (Å²) in [4.78, 5) is 2.47. The zero-order valence-corrected chi connectivity index (χ0v) is 13.6. The molecule has 0 amide bonds. The number of hydrogen-bond donors (Lipinski definition) is 1. The van der Waals surface area contributed by atoms with Crippen molar-refractivity contribution >= 4 is 35.6 Å². The monoisotopic (exact) mass is 322 g/mol. The lowest BCUT2D eigenvalue weighted by atomic mass is 10.1. The number of nitrogens with two attached hydrogens (primary N) is 1. The van der Waals surface area contributed by atoms with Gasteiger partial charge in [0.1, 0.15) is 0 Å². The lowest BCUT2D eigenvalue weighted by molar-refractivity contribution is 0.201. The number of rotatable bonds is 3. The summed E-state index contributed by atoms with van der Waals surface area (Å²) in [6, 6.07) is 6.50. The van der Waals surface area contributed by atoms with Crippen LogP contribution in [0.3, 0.4) is 0 Å². The van der Waals surface area contributed by atoms with Crippen molar-refractivity contribution in [3.63, 3.8) is 0 Å². The zero-order chi connectivity index (χ0) is 13.3. The smallest absolute Gasteiger partial charge is 0.0454 e. The fourth-order valence-electron chi connectivity index (χ4n) is 2.89. The summed E-state index contributed by atoms with van der Waals surface area (Å²) in [5.74, 6) is 0.598. The van der Waals surface area contributed by atoms with Crippen LogP contribution in [0.4, 0.5) is 0 Å². The van der Waals surface area contributed by atoms with Gasteiger partial charge in [0.2, 0.25) is 0 Å². The molecular formula is C14H21Cl3N2. The Bertz CT molecular complexity index is 425. The van der Waals surface area contributed by atoms with E-state index in [0.717, 1.165) is 28.7 Å². The van der Waals surface area contributed by atoms with E-state index in [1.165, 1.54) is 6.42 Å². The first-order chi connectivity index (χ1) is 8.52. The fraction of sp³-hybridized carbons (Fsp3) is 0.571. The van der Waals surface area contributed by atoms with Crippen LogP contribution in [0.15, 0.2) is 18.2 Å². The van der Waals surface area contributed by atoms with Crippen LogP contribution in [0.1, 0.15) is 31.9 Å². The first kappa shape index (κ1) is 17.1. The quantitative estimate of drug-likeness (QED) is 0.905. The topological polar surface area (TPSA) is 29.3 Å². The van der Waals surface area contributed by atoms with E-state index in [9.17, 15) is 0 Å². The molecule has 108 valence electrons. The van der Waals surface area contributed by atoms with E-state index in [4.69, 9.17) is 28.9 Å². The van der Waals surface area contributed by atoms with Gasteiger partial charge in [0.15, 0.2) is 0 Å². The molecule has 19 heavy (non-hydrogen) atoms. The second kappa shape index (κ2) is 7.14. The molecule has 2 rings (SSSR count). The van der Waals surface area contributed by atoms with Crippen molar-refractivity contribution in [2.24, 2.45) is 11.7 Å². The average Bonchev–Trinajstić information content (AvgIpc) is 2.73. The number of nitrogens with zero attached hydrogens (tertiary/aromatic N) is 1. The molecule has 1 fully saturated rings. The molecule has 0 spiro atoms. The van der Waals surface area contributed by atoms with Crippen molar-refractivity contribution in [3.05, 3.63) is 33.8 Å². The number of likely N-dealkylation sites (tertiary alicyclic amines) is 1. The average molecular weight is 324 g/mol. The Balaban J connectivity index is 0.00000180. The molecule has 1 aromatic carbocycles. The maximum absolute atomic E-state index is 6.28. The van der Waals surface area contributed by atoms with Gasteiger partial charge in [-0.1, -0.05) is 23.2 Å². The summed E-state index contributed by atoms with van der Waals surface area (Å²) in [6.07, 6.45) is 1.17. The molecule has 2 nitrogen and oxygen atoms in total. The van der Waals surface area contributed by atoms with Crippen LogP contribution in [-0.4, -0.2) is 24.0 Å². The van der Waals surface area contributed by atoms with Crippen LogP contribution in [0.5, 0.6) is 0 Å². The number of benzene rings is 1. The molecule has 2 N–H and O–H groups in total. The molecule has 0 aromatic heterocycles. The Morgan fingerprint density at radius 3 is 2.68 bits per heavy atom. The maximum atomic E-state index is 6.28. The molecule has 1 heterocycles. The molecule has 0 saturated carbocycles. The minimum absolute atomic E-state index is 0. The van der Waals surface area contributed by atoms with Gasteiger partial charge in [-0.3, -0.25) is 4.90 Å². The van der Waals surface area contributed by atoms with E-state index in [1.807, 2.05) is 18.2 Å². The number of halogens is 3. The standard InChI is InChI=1S/C14H20Cl2N2.ClH/c1-9-5-11(7-17)8-18(9)10(2)13-6-12(15)3-4-14(13)16;/h3-4,6,9-11H,5,7-8,17H2,1-2H3;1H. The van der Waals surface area contributed by atoms with E-state index in [1.54, 1.807) is 0 Å². The minimum Gasteiger partial charge on any atom is -0.330 e. The van der Waals surface area contributed by atoms with Crippen LogP contribution in [0.25, 0.3) is 0 Å². The molecule has 3 atom stereocenters. The van der Waals surface area contributed by atoms with Crippen LogP contribution in [0.2, 0.25) is 10.0 Å². The van der Waals surface area contributed by atoms with Crippen LogP contribution in [0, 0.1) is 5.92 Å². The van der Waals surface area contributed by atoms with Crippen molar-refractivity contribution < 1.29 is 0 Å². The normalized spacial score (nSPS) is 25.1. The van der Waals surface area contributed by atoms with Gasteiger partial charge in [-0.2, -0.15) is 0 Å². The summed E-state index contributed by atoms with van der Waals surface area (Å²) < 4.78 is 0. The van der Waals surface area contributed by atoms with Crippen LogP contribution in [-0.2, 0) is 0 Å². The predicted octanol–water partition coefficient (Wildman–Crippen LogP) is 4.15. The summed E-state index contributed by atoms with van der Waals surface area (Å²) in [7, 11) is 0. The summed E-state index contributed by atoms with van der Waals surface area (Å²) in [6.45, 7) is 6.25. The van der Waals surface area contributed by atoms with Gasteiger partial charge in [0.05, 0.1) is 0 Å². The molecule has 5 heteroatoms. The lowest BCUT2D eigenvalue weighted by Crippen LogP contribution is -2.31. The second-order valence-corrected chi connectivity index (χ2v) is 6.07. The lowest BCUT2D eigenvalue weighted by Gasteiger charge is -2.29. The fourth-order valence-corrected chi connectivity index (χ4v) is 3.35. The zero-order valence-electron chi connectivity index (χ0n) is 11.3. The molecule has 0 bridgehead atoms. The van der Waals surface area contributed by atoms with E-state index >= 15 is 0 Å². The van der Waals surface area contributed by atoms with Gasteiger partial charge in [0.25, 0.3) is 0 Å². The summed E-state index contributed by atoms with van der Waals surface area (Å²) in [5.41, 5.74) is 6.88. The molecule has 1 aliphatic heterocycles. The van der Waals surface area contributed by atoms with Crippen molar-refractivity contribution in [1.82, 2.24) is 4.90 Å².